The Kier molecular flexibility index (Phi) is 6.69. The molecular weight excluding hydrogens is 270 g/mol. The smallest absolute Gasteiger partial charge is 0.178 e. The molecule has 0 aromatic heterocycles. The molecule has 0 saturated heterocycles. The van der Waals surface area contributed by atoms with Gasteiger partial charge in [-0.1, -0.05) is 39.0 Å². The second-order valence-electron chi connectivity index (χ2n) is 5.75. The second kappa shape index (κ2) is 7.79. The van der Waals surface area contributed by atoms with Crippen LogP contribution in [-0.2, 0) is 16.3 Å². The van der Waals surface area contributed by atoms with Crippen LogP contribution in [0.4, 0.5) is 0 Å². The molecule has 1 unspecified atom stereocenters. The molecule has 1 rings (SSSR count). The maximum atomic E-state index is 12.3. The summed E-state index contributed by atoms with van der Waals surface area (Å²) >= 11 is 0. The van der Waals surface area contributed by atoms with Gasteiger partial charge in [-0.3, -0.25) is 0 Å². The number of nitrogens with one attached hydrogen (secondary N) is 1. The van der Waals surface area contributed by atoms with Crippen LogP contribution in [-0.4, -0.2) is 27.3 Å². The van der Waals surface area contributed by atoms with E-state index in [-0.39, 0.29) is 5.75 Å². The lowest BCUT2D eigenvalue weighted by atomic mass is 9.97. The molecule has 20 heavy (non-hydrogen) atoms. The Morgan fingerprint density at radius 3 is 2.40 bits per heavy atom. The molecule has 0 bridgehead atoms. The molecule has 114 valence electrons. The highest BCUT2D eigenvalue weighted by Crippen LogP contribution is 2.21. The third-order valence-electron chi connectivity index (χ3n) is 3.41. The van der Waals surface area contributed by atoms with Gasteiger partial charge in [0.1, 0.15) is 0 Å². The third-order valence-corrected chi connectivity index (χ3v) is 5.43. The summed E-state index contributed by atoms with van der Waals surface area (Å²) in [6.45, 7) is 6.27. The zero-order valence-corrected chi connectivity index (χ0v) is 13.8. The van der Waals surface area contributed by atoms with E-state index in [1.54, 1.807) is 6.07 Å². The van der Waals surface area contributed by atoms with Crippen LogP contribution in [0, 0.1) is 5.92 Å². The van der Waals surface area contributed by atoms with E-state index < -0.39 is 9.84 Å². The van der Waals surface area contributed by atoms with Gasteiger partial charge < -0.3 is 5.32 Å². The SMILES string of the molecule is CCCS(=O)(=O)c1ccccc1CC(CC(C)C)NC. The lowest BCUT2D eigenvalue weighted by molar-refractivity contribution is 0.439. The first kappa shape index (κ1) is 17.2. The van der Waals surface area contributed by atoms with E-state index in [1.807, 2.05) is 32.2 Å². The molecule has 0 fully saturated rings. The maximum Gasteiger partial charge on any atom is 0.178 e. The van der Waals surface area contributed by atoms with Crippen molar-refractivity contribution in [1.29, 1.82) is 0 Å². The molecule has 1 aromatic rings. The standard InChI is InChI=1S/C16H27NO2S/c1-5-10-20(18,19)16-9-7-6-8-14(16)12-15(17-4)11-13(2)3/h6-9,13,15,17H,5,10-12H2,1-4H3. The van der Waals surface area contributed by atoms with E-state index in [0.717, 1.165) is 18.4 Å². The Labute approximate surface area is 123 Å². The summed E-state index contributed by atoms with van der Waals surface area (Å²) in [7, 11) is -1.21. The van der Waals surface area contributed by atoms with Crippen molar-refractivity contribution in [3.63, 3.8) is 0 Å². The fraction of sp³-hybridized carbons (Fsp3) is 0.625. The van der Waals surface area contributed by atoms with Crippen molar-refractivity contribution in [3.8, 4) is 0 Å². The quantitative estimate of drug-likeness (QED) is 0.802. The van der Waals surface area contributed by atoms with Crippen LogP contribution in [0.1, 0.15) is 39.2 Å². The molecule has 1 atom stereocenters. The van der Waals surface area contributed by atoms with Crippen LogP contribution >= 0.6 is 0 Å². The van der Waals surface area contributed by atoms with Crippen molar-refractivity contribution in [1.82, 2.24) is 5.32 Å². The summed E-state index contributed by atoms with van der Waals surface area (Å²) in [5.41, 5.74) is 0.931. The zero-order chi connectivity index (χ0) is 15.2. The Bertz CT molecular complexity index is 509. The second-order valence-corrected chi connectivity index (χ2v) is 7.82. The first-order valence-electron chi connectivity index (χ1n) is 7.38. The fourth-order valence-corrected chi connectivity index (χ4v) is 4.09. The van der Waals surface area contributed by atoms with Crippen molar-refractivity contribution >= 4 is 9.84 Å². The van der Waals surface area contributed by atoms with Gasteiger partial charge in [-0.15, -0.1) is 0 Å². The summed E-state index contributed by atoms with van der Waals surface area (Å²) in [5.74, 6) is 0.810. The predicted molar refractivity (Wildman–Crippen MR) is 84.8 cm³/mol. The normalized spacial score (nSPS) is 13.7. The maximum absolute atomic E-state index is 12.3. The Hall–Kier alpha value is -0.870. The zero-order valence-electron chi connectivity index (χ0n) is 13.0. The molecule has 0 spiro atoms. The van der Waals surface area contributed by atoms with E-state index in [9.17, 15) is 8.42 Å². The van der Waals surface area contributed by atoms with Crippen molar-refractivity contribution in [2.45, 2.75) is 51.0 Å². The van der Waals surface area contributed by atoms with Crippen LogP contribution in [0.15, 0.2) is 29.2 Å². The highest BCUT2D eigenvalue weighted by molar-refractivity contribution is 7.91. The van der Waals surface area contributed by atoms with Gasteiger partial charge in [0.15, 0.2) is 9.84 Å². The van der Waals surface area contributed by atoms with Crippen LogP contribution < -0.4 is 5.32 Å². The minimum Gasteiger partial charge on any atom is -0.317 e. The number of benzene rings is 1. The van der Waals surface area contributed by atoms with Crippen LogP contribution in [0.3, 0.4) is 0 Å². The van der Waals surface area contributed by atoms with Gasteiger partial charge in [0.05, 0.1) is 10.6 Å². The van der Waals surface area contributed by atoms with E-state index >= 15 is 0 Å². The number of sulfone groups is 1. The van der Waals surface area contributed by atoms with Gasteiger partial charge in [-0.2, -0.15) is 0 Å². The summed E-state index contributed by atoms with van der Waals surface area (Å²) in [6, 6.07) is 7.72. The molecule has 0 saturated carbocycles. The van der Waals surface area contributed by atoms with Crippen molar-refractivity contribution in [3.05, 3.63) is 29.8 Å². The largest absolute Gasteiger partial charge is 0.317 e. The van der Waals surface area contributed by atoms with E-state index in [0.29, 0.717) is 23.3 Å². The number of hydrogen-bond donors (Lipinski definition) is 1. The highest BCUT2D eigenvalue weighted by atomic mass is 32.2. The molecule has 1 aromatic carbocycles. The average Bonchev–Trinajstić information content (AvgIpc) is 2.37. The average molecular weight is 297 g/mol. The Morgan fingerprint density at radius 1 is 1.20 bits per heavy atom. The highest BCUT2D eigenvalue weighted by Gasteiger charge is 2.19. The number of rotatable bonds is 8. The van der Waals surface area contributed by atoms with E-state index in [2.05, 4.69) is 19.2 Å². The van der Waals surface area contributed by atoms with Gasteiger partial charge >= 0.3 is 0 Å². The fourth-order valence-electron chi connectivity index (χ4n) is 2.49. The molecule has 0 aliphatic carbocycles. The number of hydrogen-bond acceptors (Lipinski definition) is 3. The molecular formula is C16H27NO2S. The predicted octanol–water partition coefficient (Wildman–Crippen LogP) is 3.05. The van der Waals surface area contributed by atoms with Gasteiger partial charge in [0.25, 0.3) is 0 Å². The topological polar surface area (TPSA) is 46.2 Å². The Balaban J connectivity index is 3.01. The Morgan fingerprint density at radius 2 is 1.85 bits per heavy atom. The minimum absolute atomic E-state index is 0.221. The van der Waals surface area contributed by atoms with Crippen molar-refractivity contribution in [2.75, 3.05) is 12.8 Å². The lowest BCUT2D eigenvalue weighted by Gasteiger charge is -2.20. The molecule has 3 nitrogen and oxygen atoms in total. The monoisotopic (exact) mass is 297 g/mol. The lowest BCUT2D eigenvalue weighted by Crippen LogP contribution is -2.29. The number of likely N-dealkylation sites (N-methyl/N-ethyl adjacent to an activating group) is 1. The third kappa shape index (κ3) is 4.91. The first-order chi connectivity index (χ1) is 9.40. The molecule has 0 aliphatic rings. The van der Waals surface area contributed by atoms with E-state index in [1.165, 1.54) is 0 Å². The van der Waals surface area contributed by atoms with Crippen LogP contribution in [0.5, 0.6) is 0 Å². The van der Waals surface area contributed by atoms with Gasteiger partial charge in [0, 0.05) is 6.04 Å². The summed E-state index contributed by atoms with van der Waals surface area (Å²) < 4.78 is 24.6. The molecule has 0 aliphatic heterocycles. The molecule has 0 amide bonds. The van der Waals surface area contributed by atoms with Crippen molar-refractivity contribution < 1.29 is 8.42 Å². The minimum atomic E-state index is -3.15. The molecule has 0 heterocycles. The van der Waals surface area contributed by atoms with Gasteiger partial charge in [-0.25, -0.2) is 8.42 Å². The van der Waals surface area contributed by atoms with Gasteiger partial charge in [0.2, 0.25) is 0 Å². The van der Waals surface area contributed by atoms with Crippen LogP contribution in [0.2, 0.25) is 0 Å². The van der Waals surface area contributed by atoms with E-state index in [4.69, 9.17) is 0 Å². The molecule has 4 heteroatoms. The summed E-state index contributed by atoms with van der Waals surface area (Å²) in [6.07, 6.45) is 2.45. The van der Waals surface area contributed by atoms with Crippen LogP contribution in [0.25, 0.3) is 0 Å². The summed E-state index contributed by atoms with van der Waals surface area (Å²) in [5, 5.41) is 3.30. The van der Waals surface area contributed by atoms with Gasteiger partial charge in [-0.05, 0) is 43.9 Å². The summed E-state index contributed by atoms with van der Waals surface area (Å²) in [4.78, 5) is 0.505. The molecule has 0 radical (unpaired) electrons. The molecule has 1 N–H and O–H groups in total. The first-order valence-corrected chi connectivity index (χ1v) is 9.03. The van der Waals surface area contributed by atoms with Crippen molar-refractivity contribution in [2.24, 2.45) is 5.92 Å².